The highest BCUT2D eigenvalue weighted by Crippen LogP contribution is 2.08. The number of hydrogen-bond acceptors (Lipinski definition) is 4. The number of rotatable bonds is 2. The summed E-state index contributed by atoms with van der Waals surface area (Å²) in [5, 5.41) is 7.56. The first-order chi connectivity index (χ1) is 6.68. The van der Waals surface area contributed by atoms with Crippen LogP contribution in [-0.4, -0.2) is 19.9 Å². The number of imidazole rings is 1. The third-order valence-corrected chi connectivity index (χ3v) is 2.41. The Morgan fingerprint density at radius 2 is 2.00 bits per heavy atom. The zero-order valence-corrected chi connectivity index (χ0v) is 8.48. The van der Waals surface area contributed by atoms with Crippen molar-refractivity contribution in [3.8, 4) is 0 Å². The van der Waals surface area contributed by atoms with Gasteiger partial charge in [-0.25, -0.2) is 9.61 Å². The van der Waals surface area contributed by atoms with Gasteiger partial charge in [-0.1, -0.05) is 10.3 Å². The largest absolute Gasteiger partial charge is 0.328 e. The average Bonchev–Trinajstić information content (AvgIpc) is 2.68. The lowest BCUT2D eigenvalue weighted by Crippen LogP contribution is -2.02. The maximum absolute atomic E-state index is 4.63. The number of aryl methyl sites for hydroxylation is 2. The molecule has 5 heteroatoms. The Labute approximate surface area is 81.7 Å². The van der Waals surface area contributed by atoms with Crippen molar-refractivity contribution in [3.63, 3.8) is 0 Å². The van der Waals surface area contributed by atoms with Gasteiger partial charge in [0.15, 0.2) is 0 Å². The van der Waals surface area contributed by atoms with E-state index in [1.54, 1.807) is 6.33 Å². The molecule has 0 saturated carbocycles. The molecule has 2 aromatic heterocycles. The minimum atomic E-state index is 0.669. The molecule has 0 aliphatic heterocycles. The van der Waals surface area contributed by atoms with E-state index in [-0.39, 0.29) is 0 Å². The molecule has 0 fully saturated rings. The van der Waals surface area contributed by atoms with Crippen molar-refractivity contribution in [2.24, 2.45) is 0 Å². The number of hydrogen-bond donors (Lipinski definition) is 0. The highest BCUT2D eigenvalue weighted by atomic mass is 16.6. The van der Waals surface area contributed by atoms with E-state index in [1.165, 1.54) is 0 Å². The lowest BCUT2D eigenvalue weighted by Gasteiger charge is -2.01. The Kier molecular flexibility index (Phi) is 2.07. The molecule has 0 amide bonds. The van der Waals surface area contributed by atoms with Crippen LogP contribution in [0.15, 0.2) is 11.0 Å². The molecule has 2 heterocycles. The summed E-state index contributed by atoms with van der Waals surface area (Å²) in [6, 6.07) is 0. The van der Waals surface area contributed by atoms with E-state index in [2.05, 4.69) is 19.9 Å². The number of aromatic nitrogens is 4. The Morgan fingerprint density at radius 3 is 2.50 bits per heavy atom. The predicted molar refractivity (Wildman–Crippen MR) is 49.8 cm³/mol. The smallest absolute Gasteiger partial charge is 0.127 e. The fraction of sp³-hybridized carbons (Fsp3) is 0.444. The lowest BCUT2D eigenvalue weighted by molar-refractivity contribution is 0.300. The van der Waals surface area contributed by atoms with Crippen LogP contribution in [0.5, 0.6) is 0 Å². The topological polar surface area (TPSA) is 56.7 Å². The van der Waals surface area contributed by atoms with Gasteiger partial charge in [0.05, 0.1) is 18.6 Å². The second-order valence-electron chi connectivity index (χ2n) is 3.34. The van der Waals surface area contributed by atoms with Gasteiger partial charge in [0.2, 0.25) is 0 Å². The fourth-order valence-electron chi connectivity index (χ4n) is 1.26. The van der Waals surface area contributed by atoms with Gasteiger partial charge in [0.25, 0.3) is 0 Å². The van der Waals surface area contributed by atoms with E-state index in [0.29, 0.717) is 6.54 Å². The molecule has 0 aliphatic rings. The molecule has 0 unspecified atom stereocenters. The third kappa shape index (κ3) is 1.41. The first-order valence-corrected chi connectivity index (χ1v) is 4.45. The molecule has 0 aliphatic carbocycles. The number of nitrogens with zero attached hydrogens (tertiary/aromatic N) is 4. The van der Waals surface area contributed by atoms with Crippen LogP contribution in [0.25, 0.3) is 0 Å². The van der Waals surface area contributed by atoms with Crippen LogP contribution in [0.2, 0.25) is 0 Å². The lowest BCUT2D eigenvalue weighted by atomic mass is 10.3. The Hall–Kier alpha value is -1.65. The summed E-state index contributed by atoms with van der Waals surface area (Å²) in [5.41, 5.74) is 3.87. The van der Waals surface area contributed by atoms with Crippen molar-refractivity contribution in [1.82, 2.24) is 19.9 Å². The predicted octanol–water partition coefficient (Wildman–Crippen LogP) is 1.24. The quantitative estimate of drug-likeness (QED) is 0.718. The summed E-state index contributed by atoms with van der Waals surface area (Å²) in [4.78, 5) is 4.21. The second-order valence-corrected chi connectivity index (χ2v) is 3.34. The van der Waals surface area contributed by atoms with Gasteiger partial charge in [0.1, 0.15) is 11.4 Å². The van der Waals surface area contributed by atoms with Crippen LogP contribution in [0.3, 0.4) is 0 Å². The molecule has 0 spiro atoms. The van der Waals surface area contributed by atoms with Crippen molar-refractivity contribution in [1.29, 1.82) is 0 Å². The van der Waals surface area contributed by atoms with E-state index < -0.39 is 0 Å². The molecule has 5 nitrogen and oxygen atoms in total. The van der Waals surface area contributed by atoms with Crippen LogP contribution >= 0.6 is 0 Å². The van der Waals surface area contributed by atoms with Gasteiger partial charge in [-0.05, 0) is 20.8 Å². The van der Waals surface area contributed by atoms with Crippen molar-refractivity contribution in [2.45, 2.75) is 27.3 Å². The minimum absolute atomic E-state index is 0.669. The summed E-state index contributed by atoms with van der Waals surface area (Å²) in [5.74, 6) is 0. The van der Waals surface area contributed by atoms with Crippen molar-refractivity contribution >= 4 is 0 Å². The summed E-state index contributed by atoms with van der Waals surface area (Å²) in [7, 11) is 0. The Morgan fingerprint density at radius 1 is 1.21 bits per heavy atom. The fourth-order valence-corrected chi connectivity index (χ4v) is 1.26. The van der Waals surface area contributed by atoms with Crippen LogP contribution in [0.1, 0.15) is 22.8 Å². The van der Waals surface area contributed by atoms with E-state index in [1.807, 2.05) is 25.3 Å². The van der Waals surface area contributed by atoms with Crippen LogP contribution in [0, 0.1) is 20.8 Å². The van der Waals surface area contributed by atoms with E-state index >= 15 is 0 Å². The highest BCUT2D eigenvalue weighted by Gasteiger charge is 2.08. The first-order valence-electron chi connectivity index (χ1n) is 4.45. The molecule has 0 saturated heterocycles. The Balaban J connectivity index is 2.27. The average molecular weight is 192 g/mol. The van der Waals surface area contributed by atoms with Gasteiger partial charge in [-0.2, -0.15) is 0 Å². The van der Waals surface area contributed by atoms with E-state index in [4.69, 9.17) is 0 Å². The normalized spacial score (nSPS) is 10.8. The summed E-state index contributed by atoms with van der Waals surface area (Å²) in [6.07, 6.45) is 1.80. The van der Waals surface area contributed by atoms with Crippen molar-refractivity contribution in [3.05, 3.63) is 29.1 Å². The maximum Gasteiger partial charge on any atom is 0.127 e. The molecule has 0 atom stereocenters. The first kappa shape index (κ1) is 8.93. The summed E-state index contributed by atoms with van der Waals surface area (Å²) < 4.78 is 6.66. The van der Waals surface area contributed by atoms with Crippen LogP contribution in [-0.2, 0) is 6.54 Å². The molecule has 2 aromatic rings. The monoisotopic (exact) mass is 192 g/mol. The highest BCUT2D eigenvalue weighted by molar-refractivity contribution is 5.12. The van der Waals surface area contributed by atoms with Gasteiger partial charge >= 0.3 is 0 Å². The molecular formula is C9H12N4O. The molecule has 74 valence electrons. The molecule has 14 heavy (non-hydrogen) atoms. The van der Waals surface area contributed by atoms with Gasteiger partial charge in [-0.15, -0.1) is 0 Å². The molecule has 0 aromatic carbocycles. The standard InChI is InChI=1S/C9H12N4O/c1-6-8(3)13(5-10-6)4-9-7(2)11-14-12-9/h5H,4H2,1-3H3. The zero-order chi connectivity index (χ0) is 10.1. The minimum Gasteiger partial charge on any atom is -0.328 e. The van der Waals surface area contributed by atoms with Crippen LogP contribution in [0.4, 0.5) is 0 Å². The Bertz CT molecular complexity index is 443. The summed E-state index contributed by atoms with van der Waals surface area (Å²) in [6.45, 7) is 6.57. The van der Waals surface area contributed by atoms with E-state index in [0.717, 1.165) is 22.8 Å². The molecular weight excluding hydrogens is 180 g/mol. The maximum atomic E-state index is 4.63. The van der Waals surface area contributed by atoms with Crippen molar-refractivity contribution < 1.29 is 4.63 Å². The molecule has 0 N–H and O–H groups in total. The summed E-state index contributed by atoms with van der Waals surface area (Å²) >= 11 is 0. The van der Waals surface area contributed by atoms with Crippen molar-refractivity contribution in [2.75, 3.05) is 0 Å². The second kappa shape index (κ2) is 3.25. The molecule has 2 rings (SSSR count). The van der Waals surface area contributed by atoms with Gasteiger partial charge in [-0.3, -0.25) is 0 Å². The van der Waals surface area contributed by atoms with Gasteiger partial charge < -0.3 is 4.57 Å². The molecule has 0 bridgehead atoms. The zero-order valence-electron chi connectivity index (χ0n) is 8.48. The van der Waals surface area contributed by atoms with E-state index in [9.17, 15) is 0 Å². The molecule has 0 radical (unpaired) electrons. The van der Waals surface area contributed by atoms with Gasteiger partial charge in [0, 0.05) is 5.69 Å². The third-order valence-electron chi connectivity index (χ3n) is 2.41. The SMILES string of the molecule is Cc1nonc1Cn1cnc(C)c1C. The van der Waals surface area contributed by atoms with Crippen LogP contribution < -0.4 is 0 Å².